The van der Waals surface area contributed by atoms with Crippen LogP contribution in [0.2, 0.25) is 5.15 Å². The van der Waals surface area contributed by atoms with Crippen LogP contribution in [-0.4, -0.2) is 38.6 Å². The summed E-state index contributed by atoms with van der Waals surface area (Å²) in [7, 11) is 0. The Morgan fingerprint density at radius 1 is 1.31 bits per heavy atom. The maximum absolute atomic E-state index is 11.6. The number of pyridine rings is 1. The van der Waals surface area contributed by atoms with Crippen LogP contribution < -0.4 is 10.2 Å². The van der Waals surface area contributed by atoms with E-state index in [1.54, 1.807) is 12.1 Å². The van der Waals surface area contributed by atoms with E-state index in [1.807, 2.05) is 26.0 Å². The number of carbonyl (C=O) groups is 1. The van der Waals surface area contributed by atoms with E-state index in [-0.39, 0.29) is 16.9 Å². The highest BCUT2D eigenvalue weighted by atomic mass is 35.5. The van der Waals surface area contributed by atoms with Crippen LogP contribution in [0.3, 0.4) is 0 Å². The Bertz CT molecular complexity index is 1300. The number of hydrogen-bond acceptors (Lipinski definition) is 7. The molecule has 1 aromatic carbocycles. The van der Waals surface area contributed by atoms with E-state index in [0.29, 0.717) is 40.2 Å². The first-order valence-corrected chi connectivity index (χ1v) is 10.9. The second-order valence-corrected chi connectivity index (χ2v) is 8.96. The molecule has 2 aliphatic heterocycles. The molecule has 1 saturated carbocycles. The molecule has 2 aromatic heterocycles. The first kappa shape index (κ1) is 20.5. The van der Waals surface area contributed by atoms with Gasteiger partial charge in [-0.3, -0.25) is 0 Å². The van der Waals surface area contributed by atoms with Gasteiger partial charge in [-0.1, -0.05) is 17.7 Å². The van der Waals surface area contributed by atoms with Crippen molar-refractivity contribution in [3.05, 3.63) is 51.9 Å². The molecule has 8 nitrogen and oxygen atoms in total. The Morgan fingerprint density at radius 2 is 2.09 bits per heavy atom. The largest absolute Gasteiger partial charge is 0.476 e. The highest BCUT2D eigenvalue weighted by Gasteiger charge is 2.44. The van der Waals surface area contributed by atoms with E-state index in [2.05, 4.69) is 26.3 Å². The Kier molecular flexibility index (Phi) is 4.86. The van der Waals surface area contributed by atoms with Crippen LogP contribution in [0.1, 0.15) is 53.1 Å². The average Bonchev–Trinajstić information content (AvgIpc) is 3.34. The zero-order valence-corrected chi connectivity index (χ0v) is 18.4. The lowest BCUT2D eigenvalue weighted by Crippen LogP contribution is -2.30. The first-order chi connectivity index (χ1) is 15.3. The maximum atomic E-state index is 11.6. The molecule has 1 aliphatic carbocycles. The van der Waals surface area contributed by atoms with E-state index < -0.39 is 5.97 Å². The number of hydrogen-bond donors (Lipinski definition) is 2. The number of anilines is 2. The minimum absolute atomic E-state index is 0.116. The summed E-state index contributed by atoms with van der Waals surface area (Å²) >= 11 is 5.89. The number of carboxylic acids is 1. The third-order valence-electron chi connectivity index (χ3n) is 6.31. The Morgan fingerprint density at radius 3 is 2.75 bits per heavy atom. The molecule has 3 aliphatic rings. The van der Waals surface area contributed by atoms with Gasteiger partial charge in [0.05, 0.1) is 22.8 Å². The van der Waals surface area contributed by atoms with Gasteiger partial charge in [0.1, 0.15) is 11.2 Å². The minimum Gasteiger partial charge on any atom is -0.476 e. The number of nitrogens with zero attached hydrogens (tertiary/aromatic N) is 5. The summed E-state index contributed by atoms with van der Waals surface area (Å²) in [5.74, 6) is 0.153. The molecule has 162 valence electrons. The predicted molar refractivity (Wildman–Crippen MR) is 121 cm³/mol. The van der Waals surface area contributed by atoms with E-state index in [1.165, 1.54) is 0 Å². The maximum Gasteiger partial charge on any atom is 0.356 e. The molecule has 2 saturated heterocycles. The van der Waals surface area contributed by atoms with Crippen molar-refractivity contribution in [3.63, 3.8) is 0 Å². The van der Waals surface area contributed by atoms with Gasteiger partial charge in [0, 0.05) is 18.2 Å². The summed E-state index contributed by atoms with van der Waals surface area (Å²) in [6.07, 6.45) is 2.29. The second kappa shape index (κ2) is 7.61. The van der Waals surface area contributed by atoms with Crippen LogP contribution in [0.5, 0.6) is 0 Å². The lowest BCUT2D eigenvalue weighted by atomic mass is 9.86. The van der Waals surface area contributed by atoms with Crippen molar-refractivity contribution < 1.29 is 9.90 Å². The number of aryl methyl sites for hydroxylation is 1. The second-order valence-electron chi connectivity index (χ2n) is 8.57. The van der Waals surface area contributed by atoms with Gasteiger partial charge < -0.3 is 15.3 Å². The van der Waals surface area contributed by atoms with Crippen LogP contribution >= 0.6 is 11.6 Å². The first-order valence-electron chi connectivity index (χ1n) is 10.5. The lowest BCUT2D eigenvalue weighted by Gasteiger charge is -2.27. The van der Waals surface area contributed by atoms with Crippen molar-refractivity contribution in [3.8, 4) is 6.07 Å². The number of carboxylic acid groups (broad SMARTS) is 1. The molecule has 1 atom stereocenters. The molecule has 0 radical (unpaired) electrons. The van der Waals surface area contributed by atoms with Gasteiger partial charge in [0.25, 0.3) is 0 Å². The molecule has 2 N–H and O–H groups in total. The van der Waals surface area contributed by atoms with Gasteiger partial charge in [0.2, 0.25) is 0 Å². The molecule has 0 amide bonds. The number of aromatic nitrogens is 3. The van der Waals surface area contributed by atoms with Gasteiger partial charge in [-0.15, -0.1) is 0 Å². The molecule has 0 unspecified atom stereocenters. The number of fused-ring (bicyclic) bond motifs is 2. The molecule has 2 bridgehead atoms. The van der Waals surface area contributed by atoms with Crippen LogP contribution in [0.25, 0.3) is 11.0 Å². The van der Waals surface area contributed by atoms with Crippen molar-refractivity contribution >= 4 is 40.1 Å². The number of nitriles is 1. The number of benzene rings is 1. The van der Waals surface area contributed by atoms with Crippen LogP contribution in [0.15, 0.2) is 24.3 Å². The van der Waals surface area contributed by atoms with E-state index in [9.17, 15) is 15.2 Å². The monoisotopic (exact) mass is 448 g/mol. The molecule has 4 heterocycles. The summed E-state index contributed by atoms with van der Waals surface area (Å²) in [5.41, 5.74) is 3.76. The molecule has 3 fully saturated rings. The number of nitrogens with one attached hydrogen (secondary N) is 1. The fourth-order valence-electron chi connectivity index (χ4n) is 4.75. The van der Waals surface area contributed by atoms with Crippen molar-refractivity contribution in [1.29, 1.82) is 5.26 Å². The molecule has 32 heavy (non-hydrogen) atoms. The number of aromatic carboxylic acids is 1. The minimum atomic E-state index is -1.16. The molecule has 0 spiro atoms. The smallest absolute Gasteiger partial charge is 0.356 e. The van der Waals surface area contributed by atoms with Gasteiger partial charge in [-0.25, -0.2) is 19.7 Å². The standard InChI is InChI=1S/C23H21ClN6O2/c1-11-5-15(12(2)26-16-3-4-19(24)28-21(16)23(31)32)20-17(6-11)27-18(9-25)22(29-20)30-10-13-7-14(30)8-13/h3-6,12-14,26H,7-8,10H2,1-2H3,(H,31,32)/t12-,13?,14?/m1/s1. The number of rotatable bonds is 5. The van der Waals surface area contributed by atoms with Crippen molar-refractivity contribution in [2.75, 3.05) is 16.8 Å². The molecule has 6 rings (SSSR count). The van der Waals surface area contributed by atoms with E-state index >= 15 is 0 Å². The summed E-state index contributed by atoms with van der Waals surface area (Å²) in [6, 6.07) is 9.45. The number of halogens is 1. The van der Waals surface area contributed by atoms with Gasteiger partial charge in [-0.2, -0.15) is 5.26 Å². The van der Waals surface area contributed by atoms with Gasteiger partial charge in [-0.05, 0) is 56.4 Å². The Balaban J connectivity index is 1.59. The Hall–Kier alpha value is -3.44. The third-order valence-corrected chi connectivity index (χ3v) is 6.52. The molecular weight excluding hydrogens is 428 g/mol. The normalized spacial score (nSPS) is 20.0. The van der Waals surface area contributed by atoms with Crippen molar-refractivity contribution in [2.24, 2.45) is 5.92 Å². The lowest BCUT2D eigenvalue weighted by molar-refractivity contribution is 0.0691. The summed E-state index contributed by atoms with van der Waals surface area (Å²) in [6.45, 7) is 4.80. The van der Waals surface area contributed by atoms with Crippen LogP contribution in [0, 0.1) is 24.2 Å². The highest BCUT2D eigenvalue weighted by Crippen LogP contribution is 2.43. The van der Waals surface area contributed by atoms with E-state index in [4.69, 9.17) is 16.6 Å². The SMILES string of the molecule is Cc1cc([C@@H](C)Nc2ccc(Cl)nc2C(=O)O)c2nc(N3CC4CC3C4)c(C#N)nc2c1. The zero-order chi connectivity index (χ0) is 22.6. The molecule has 9 heteroatoms. The summed E-state index contributed by atoms with van der Waals surface area (Å²) < 4.78 is 0. The van der Waals surface area contributed by atoms with Crippen LogP contribution in [-0.2, 0) is 0 Å². The zero-order valence-electron chi connectivity index (χ0n) is 17.6. The van der Waals surface area contributed by atoms with Gasteiger partial charge >= 0.3 is 5.97 Å². The fraction of sp³-hybridized carbons (Fsp3) is 0.348. The van der Waals surface area contributed by atoms with Crippen molar-refractivity contribution in [2.45, 2.75) is 38.8 Å². The molecular formula is C23H21ClN6O2. The topological polar surface area (TPSA) is 115 Å². The van der Waals surface area contributed by atoms with E-state index in [0.717, 1.165) is 30.5 Å². The van der Waals surface area contributed by atoms with Crippen molar-refractivity contribution in [1.82, 2.24) is 15.0 Å². The van der Waals surface area contributed by atoms with Gasteiger partial charge in [0.15, 0.2) is 17.2 Å². The molecule has 3 aromatic rings. The fourth-order valence-corrected chi connectivity index (χ4v) is 4.89. The van der Waals surface area contributed by atoms with Crippen LogP contribution in [0.4, 0.5) is 11.5 Å². The highest BCUT2D eigenvalue weighted by molar-refractivity contribution is 6.29. The average molecular weight is 449 g/mol. The Labute approximate surface area is 189 Å². The summed E-state index contributed by atoms with van der Waals surface area (Å²) in [4.78, 5) is 27.4. The quantitative estimate of drug-likeness (QED) is 0.554. The third kappa shape index (κ3) is 3.39. The predicted octanol–water partition coefficient (Wildman–Crippen LogP) is 4.33. The summed E-state index contributed by atoms with van der Waals surface area (Å²) in [5, 5.41) is 22.6.